The molecule has 7 heteroatoms. The lowest BCUT2D eigenvalue weighted by Crippen LogP contribution is -2.21. The van der Waals surface area contributed by atoms with E-state index in [0.29, 0.717) is 6.42 Å². The van der Waals surface area contributed by atoms with E-state index < -0.39 is 29.1 Å². The second-order valence-corrected chi connectivity index (χ2v) is 4.77. The second kappa shape index (κ2) is 8.70. The SMILES string of the molecule is CCCCOO/C(C(=O)O)=C(\C(=O)O)C(=O)c1cccc(C)c1. The Bertz CT molecular complexity index is 631. The normalized spacial score (nSPS) is 11.6. The van der Waals surface area contributed by atoms with Crippen molar-refractivity contribution in [2.75, 3.05) is 6.61 Å². The molecular weight excluding hydrogens is 304 g/mol. The van der Waals surface area contributed by atoms with Crippen LogP contribution in [0, 0.1) is 6.92 Å². The van der Waals surface area contributed by atoms with Gasteiger partial charge in [0.05, 0.1) is 6.61 Å². The number of aryl methyl sites for hydroxylation is 1. The van der Waals surface area contributed by atoms with Crippen LogP contribution in [0.1, 0.15) is 35.7 Å². The molecule has 2 N–H and O–H groups in total. The number of hydrogen-bond donors (Lipinski definition) is 2. The molecule has 0 unspecified atom stereocenters. The van der Waals surface area contributed by atoms with Gasteiger partial charge < -0.3 is 15.1 Å². The van der Waals surface area contributed by atoms with Gasteiger partial charge >= 0.3 is 11.9 Å². The average Bonchev–Trinajstić information content (AvgIpc) is 2.49. The minimum Gasteiger partial charge on any atom is -0.477 e. The molecule has 7 nitrogen and oxygen atoms in total. The highest BCUT2D eigenvalue weighted by atomic mass is 17.2. The molecule has 0 spiro atoms. The summed E-state index contributed by atoms with van der Waals surface area (Å²) >= 11 is 0. The van der Waals surface area contributed by atoms with Crippen LogP contribution in [0.4, 0.5) is 0 Å². The van der Waals surface area contributed by atoms with E-state index in [1.54, 1.807) is 19.1 Å². The van der Waals surface area contributed by atoms with E-state index in [1.165, 1.54) is 12.1 Å². The summed E-state index contributed by atoms with van der Waals surface area (Å²) in [4.78, 5) is 44.2. The van der Waals surface area contributed by atoms with Gasteiger partial charge in [-0.15, -0.1) is 0 Å². The Morgan fingerprint density at radius 3 is 2.35 bits per heavy atom. The van der Waals surface area contributed by atoms with Crippen LogP contribution in [0.3, 0.4) is 0 Å². The first-order valence-corrected chi connectivity index (χ1v) is 7.00. The van der Waals surface area contributed by atoms with E-state index >= 15 is 0 Å². The Hall–Kier alpha value is -2.67. The first-order valence-electron chi connectivity index (χ1n) is 7.00. The number of benzene rings is 1. The predicted octanol–water partition coefficient (Wildman–Crippen LogP) is 2.35. The third-order valence-corrected chi connectivity index (χ3v) is 2.87. The van der Waals surface area contributed by atoms with Gasteiger partial charge in [0, 0.05) is 5.56 Å². The van der Waals surface area contributed by atoms with E-state index in [4.69, 9.17) is 5.11 Å². The number of Topliss-reactive ketones (excluding diaryl/α,β-unsaturated/α-hetero) is 1. The van der Waals surface area contributed by atoms with Gasteiger partial charge in [-0.05, 0) is 19.4 Å². The fourth-order valence-electron chi connectivity index (χ4n) is 1.72. The molecule has 0 bridgehead atoms. The molecule has 0 aromatic heterocycles. The van der Waals surface area contributed by atoms with Crippen molar-refractivity contribution in [3.63, 3.8) is 0 Å². The molecule has 0 saturated heterocycles. The van der Waals surface area contributed by atoms with Crippen molar-refractivity contribution in [3.05, 3.63) is 46.7 Å². The van der Waals surface area contributed by atoms with Crippen molar-refractivity contribution in [1.82, 2.24) is 0 Å². The van der Waals surface area contributed by atoms with Crippen molar-refractivity contribution in [2.24, 2.45) is 0 Å². The summed E-state index contributed by atoms with van der Waals surface area (Å²) in [5.41, 5.74) is -0.199. The predicted molar refractivity (Wildman–Crippen MR) is 79.8 cm³/mol. The molecule has 0 aliphatic heterocycles. The lowest BCUT2D eigenvalue weighted by molar-refractivity contribution is -0.264. The lowest BCUT2D eigenvalue weighted by Gasteiger charge is -2.09. The van der Waals surface area contributed by atoms with E-state index in [1.807, 2.05) is 6.92 Å². The number of unbranched alkanes of at least 4 members (excludes halogenated alkanes) is 1. The Morgan fingerprint density at radius 2 is 1.83 bits per heavy atom. The molecule has 23 heavy (non-hydrogen) atoms. The standard InChI is InChI=1S/C16H18O7/c1-3-4-8-22-23-14(16(20)21)12(15(18)19)13(17)11-7-5-6-10(2)9-11/h5-7,9H,3-4,8H2,1-2H3,(H,18,19)(H,20,21)/b14-12-. The van der Waals surface area contributed by atoms with Gasteiger partial charge in [0.1, 0.15) is 0 Å². The molecule has 1 aromatic carbocycles. The molecule has 0 saturated carbocycles. The topological polar surface area (TPSA) is 110 Å². The number of ketones is 1. The Kier molecular flexibility index (Phi) is 6.95. The van der Waals surface area contributed by atoms with Gasteiger partial charge in [-0.1, -0.05) is 37.1 Å². The number of carboxylic acid groups (broad SMARTS) is 2. The van der Waals surface area contributed by atoms with Gasteiger partial charge in [-0.2, -0.15) is 4.89 Å². The molecule has 0 radical (unpaired) electrons. The van der Waals surface area contributed by atoms with Crippen molar-refractivity contribution in [3.8, 4) is 0 Å². The van der Waals surface area contributed by atoms with Crippen LogP contribution < -0.4 is 0 Å². The molecule has 0 aliphatic carbocycles. The number of carboxylic acids is 2. The van der Waals surface area contributed by atoms with Gasteiger partial charge in [-0.25, -0.2) is 9.59 Å². The van der Waals surface area contributed by atoms with Gasteiger partial charge in [0.2, 0.25) is 5.78 Å². The summed E-state index contributed by atoms with van der Waals surface area (Å²) in [6.45, 7) is 3.70. The van der Waals surface area contributed by atoms with Crippen molar-refractivity contribution in [1.29, 1.82) is 0 Å². The van der Waals surface area contributed by atoms with Crippen LogP contribution in [0.2, 0.25) is 0 Å². The highest BCUT2D eigenvalue weighted by molar-refractivity contribution is 6.26. The zero-order valence-corrected chi connectivity index (χ0v) is 12.9. The number of aliphatic carboxylic acids is 2. The average molecular weight is 322 g/mol. The van der Waals surface area contributed by atoms with Gasteiger partial charge in [0.25, 0.3) is 5.76 Å². The summed E-state index contributed by atoms with van der Waals surface area (Å²) in [5, 5.41) is 18.3. The fraction of sp³-hybridized carbons (Fsp3) is 0.312. The third kappa shape index (κ3) is 5.23. The summed E-state index contributed by atoms with van der Waals surface area (Å²) in [5.74, 6) is -5.40. The molecule has 0 aliphatic rings. The first kappa shape index (κ1) is 18.4. The molecule has 1 rings (SSSR count). The number of carbonyl (C=O) groups is 3. The Balaban J connectivity index is 3.19. The zero-order chi connectivity index (χ0) is 17.4. The maximum Gasteiger partial charge on any atom is 0.376 e. The van der Waals surface area contributed by atoms with Crippen LogP contribution >= 0.6 is 0 Å². The minimum absolute atomic E-state index is 0.0540. The lowest BCUT2D eigenvalue weighted by atomic mass is 10.0. The summed E-state index contributed by atoms with van der Waals surface area (Å²) in [7, 11) is 0. The zero-order valence-electron chi connectivity index (χ0n) is 12.9. The molecule has 0 fully saturated rings. The van der Waals surface area contributed by atoms with E-state index in [9.17, 15) is 19.5 Å². The van der Waals surface area contributed by atoms with Crippen LogP contribution in [-0.2, 0) is 19.4 Å². The monoisotopic (exact) mass is 322 g/mol. The highest BCUT2D eigenvalue weighted by Gasteiger charge is 2.30. The van der Waals surface area contributed by atoms with Crippen LogP contribution in [-0.4, -0.2) is 34.5 Å². The molecule has 0 amide bonds. The van der Waals surface area contributed by atoms with Crippen molar-refractivity contribution < 1.29 is 34.4 Å². The summed E-state index contributed by atoms with van der Waals surface area (Å²) < 4.78 is 0. The Morgan fingerprint density at radius 1 is 1.13 bits per heavy atom. The molecule has 0 atom stereocenters. The van der Waals surface area contributed by atoms with Gasteiger partial charge in [-0.3, -0.25) is 4.79 Å². The van der Waals surface area contributed by atoms with Gasteiger partial charge in [0.15, 0.2) is 5.57 Å². The summed E-state index contributed by atoms with van der Waals surface area (Å²) in [6, 6.07) is 6.16. The molecule has 1 aromatic rings. The number of hydrogen-bond acceptors (Lipinski definition) is 5. The number of rotatable bonds is 9. The quantitative estimate of drug-likeness (QED) is 0.105. The van der Waals surface area contributed by atoms with Crippen LogP contribution in [0.5, 0.6) is 0 Å². The molecule has 0 heterocycles. The maximum absolute atomic E-state index is 12.3. The van der Waals surface area contributed by atoms with E-state index in [0.717, 1.165) is 12.0 Å². The Labute approximate surface area is 133 Å². The largest absolute Gasteiger partial charge is 0.477 e. The summed E-state index contributed by atoms with van der Waals surface area (Å²) in [6.07, 6.45) is 1.38. The molecule has 124 valence electrons. The molecular formula is C16H18O7. The first-order chi connectivity index (χ1) is 10.9. The minimum atomic E-state index is -1.70. The van der Waals surface area contributed by atoms with E-state index in [2.05, 4.69) is 9.78 Å². The second-order valence-electron chi connectivity index (χ2n) is 4.77. The van der Waals surface area contributed by atoms with Crippen LogP contribution in [0.15, 0.2) is 35.6 Å². The number of carbonyl (C=O) groups excluding carboxylic acids is 1. The van der Waals surface area contributed by atoms with Crippen LogP contribution in [0.25, 0.3) is 0 Å². The van der Waals surface area contributed by atoms with E-state index in [-0.39, 0.29) is 12.2 Å². The fourth-order valence-corrected chi connectivity index (χ4v) is 1.72. The maximum atomic E-state index is 12.3. The van der Waals surface area contributed by atoms with Crippen molar-refractivity contribution >= 4 is 17.7 Å². The third-order valence-electron chi connectivity index (χ3n) is 2.87. The smallest absolute Gasteiger partial charge is 0.376 e. The van der Waals surface area contributed by atoms with Crippen molar-refractivity contribution in [2.45, 2.75) is 26.7 Å². The highest BCUT2D eigenvalue weighted by Crippen LogP contribution is 2.16.